The van der Waals surface area contributed by atoms with E-state index < -0.39 is 4.92 Å². The van der Waals surface area contributed by atoms with Crippen LogP contribution in [0.25, 0.3) is 0 Å². The zero-order chi connectivity index (χ0) is 18.7. The minimum atomic E-state index is -0.443. The summed E-state index contributed by atoms with van der Waals surface area (Å²) in [5.41, 5.74) is 0.766. The lowest BCUT2D eigenvalue weighted by molar-refractivity contribution is -0.384. The molecule has 9 heteroatoms. The number of rotatable bonds is 3. The number of carbonyl (C=O) groups excluding carboxylic acids is 2. The van der Waals surface area contributed by atoms with Crippen LogP contribution >= 0.6 is 0 Å². The van der Waals surface area contributed by atoms with E-state index in [4.69, 9.17) is 0 Å². The third kappa shape index (κ3) is 3.77. The van der Waals surface area contributed by atoms with Gasteiger partial charge in [0.25, 0.3) is 11.6 Å². The van der Waals surface area contributed by atoms with Crippen LogP contribution < -0.4 is 10.2 Å². The first kappa shape index (κ1) is 18.1. The molecule has 140 valence electrons. The molecular formula is C17H23N5O4. The van der Waals surface area contributed by atoms with E-state index >= 15 is 0 Å². The quantitative estimate of drug-likeness (QED) is 0.614. The van der Waals surface area contributed by atoms with Crippen molar-refractivity contribution in [2.45, 2.75) is 6.92 Å². The molecule has 26 heavy (non-hydrogen) atoms. The number of nitro groups is 1. The van der Waals surface area contributed by atoms with Gasteiger partial charge in [0.1, 0.15) is 5.69 Å². The van der Waals surface area contributed by atoms with Crippen LogP contribution in [0.15, 0.2) is 18.2 Å². The molecule has 2 aliphatic rings. The molecule has 2 heterocycles. The number of piperazine rings is 2. The van der Waals surface area contributed by atoms with Crippen LogP contribution in [-0.2, 0) is 4.79 Å². The van der Waals surface area contributed by atoms with E-state index in [2.05, 4.69) is 5.32 Å². The van der Waals surface area contributed by atoms with E-state index in [1.165, 1.54) is 13.0 Å². The van der Waals surface area contributed by atoms with Gasteiger partial charge in [-0.05, 0) is 12.1 Å². The van der Waals surface area contributed by atoms with Gasteiger partial charge in [-0.1, -0.05) is 0 Å². The van der Waals surface area contributed by atoms with Crippen molar-refractivity contribution in [2.24, 2.45) is 0 Å². The summed E-state index contributed by atoms with van der Waals surface area (Å²) >= 11 is 0. The van der Waals surface area contributed by atoms with Crippen molar-refractivity contribution in [3.63, 3.8) is 0 Å². The number of hydrogen-bond donors (Lipinski definition) is 1. The second-order valence-electron chi connectivity index (χ2n) is 6.50. The highest BCUT2D eigenvalue weighted by Crippen LogP contribution is 2.30. The van der Waals surface area contributed by atoms with Gasteiger partial charge in [-0.25, -0.2) is 0 Å². The first-order valence-electron chi connectivity index (χ1n) is 8.76. The third-order valence-electron chi connectivity index (χ3n) is 4.89. The zero-order valence-corrected chi connectivity index (χ0v) is 14.8. The fraction of sp³-hybridized carbons (Fsp3) is 0.529. The lowest BCUT2D eigenvalue weighted by Gasteiger charge is -2.35. The van der Waals surface area contributed by atoms with Crippen molar-refractivity contribution in [3.8, 4) is 0 Å². The Bertz CT molecular complexity index is 709. The average Bonchev–Trinajstić information content (AvgIpc) is 2.67. The number of amides is 2. The maximum absolute atomic E-state index is 12.6. The van der Waals surface area contributed by atoms with Crippen LogP contribution in [0.2, 0.25) is 0 Å². The fourth-order valence-corrected chi connectivity index (χ4v) is 3.38. The number of carbonyl (C=O) groups is 2. The average molecular weight is 361 g/mol. The number of nitro benzene ring substituents is 1. The Morgan fingerprint density at radius 1 is 1.04 bits per heavy atom. The predicted molar refractivity (Wildman–Crippen MR) is 96.3 cm³/mol. The Labute approximate surface area is 151 Å². The van der Waals surface area contributed by atoms with Gasteiger partial charge in [0, 0.05) is 70.9 Å². The maximum atomic E-state index is 12.6. The van der Waals surface area contributed by atoms with Gasteiger partial charge in [-0.2, -0.15) is 0 Å². The maximum Gasteiger partial charge on any atom is 0.293 e. The molecule has 0 radical (unpaired) electrons. The third-order valence-corrected chi connectivity index (χ3v) is 4.89. The Morgan fingerprint density at radius 3 is 2.27 bits per heavy atom. The van der Waals surface area contributed by atoms with Crippen LogP contribution in [-0.4, -0.2) is 78.9 Å². The van der Waals surface area contributed by atoms with Gasteiger partial charge in [-0.15, -0.1) is 0 Å². The molecule has 1 aromatic rings. The predicted octanol–water partition coefficient (Wildman–Crippen LogP) is 0.309. The molecule has 1 aromatic carbocycles. The van der Waals surface area contributed by atoms with Crippen LogP contribution in [0.4, 0.5) is 11.4 Å². The minimum absolute atomic E-state index is 0.0103. The second-order valence-corrected chi connectivity index (χ2v) is 6.50. The van der Waals surface area contributed by atoms with Crippen LogP contribution in [0.3, 0.4) is 0 Å². The van der Waals surface area contributed by atoms with E-state index in [0.29, 0.717) is 50.5 Å². The summed E-state index contributed by atoms with van der Waals surface area (Å²) in [6.45, 7) is 6.31. The van der Waals surface area contributed by atoms with E-state index in [9.17, 15) is 19.7 Å². The molecule has 1 N–H and O–H groups in total. The van der Waals surface area contributed by atoms with Gasteiger partial charge in [0.15, 0.2) is 0 Å². The van der Waals surface area contributed by atoms with Crippen molar-refractivity contribution < 1.29 is 14.5 Å². The van der Waals surface area contributed by atoms with Gasteiger partial charge < -0.3 is 20.0 Å². The van der Waals surface area contributed by atoms with Crippen molar-refractivity contribution in [2.75, 3.05) is 57.3 Å². The lowest BCUT2D eigenvalue weighted by atomic mass is 10.1. The molecule has 0 atom stereocenters. The largest absolute Gasteiger partial charge is 0.362 e. The number of anilines is 1. The standard InChI is InChI=1S/C17H23N5O4/c1-13(23)19-8-10-20(11-9-19)15-3-2-14(12-16(15)22(25)26)17(24)21-6-4-18-5-7-21/h2-3,12,18H,4-11H2,1H3. The SMILES string of the molecule is CC(=O)N1CCN(c2ccc(C(=O)N3CCNCC3)cc2[N+](=O)[O-])CC1. The minimum Gasteiger partial charge on any atom is -0.362 e. The highest BCUT2D eigenvalue weighted by Gasteiger charge is 2.27. The summed E-state index contributed by atoms with van der Waals surface area (Å²) in [5, 5.41) is 14.7. The van der Waals surface area contributed by atoms with E-state index in [1.807, 2.05) is 4.90 Å². The van der Waals surface area contributed by atoms with Crippen LogP contribution in [0.5, 0.6) is 0 Å². The van der Waals surface area contributed by atoms with E-state index in [-0.39, 0.29) is 17.5 Å². The Balaban J connectivity index is 1.80. The molecule has 9 nitrogen and oxygen atoms in total. The molecular weight excluding hydrogens is 338 g/mol. The van der Waals surface area contributed by atoms with Crippen molar-refractivity contribution in [1.29, 1.82) is 0 Å². The van der Waals surface area contributed by atoms with E-state index in [1.54, 1.807) is 21.9 Å². The molecule has 0 spiro atoms. The molecule has 2 amide bonds. The van der Waals surface area contributed by atoms with Crippen molar-refractivity contribution in [3.05, 3.63) is 33.9 Å². The first-order valence-corrected chi connectivity index (χ1v) is 8.76. The van der Waals surface area contributed by atoms with Crippen LogP contribution in [0.1, 0.15) is 17.3 Å². The Morgan fingerprint density at radius 2 is 1.69 bits per heavy atom. The van der Waals surface area contributed by atoms with E-state index in [0.717, 1.165) is 13.1 Å². The summed E-state index contributed by atoms with van der Waals surface area (Å²) in [6.07, 6.45) is 0. The van der Waals surface area contributed by atoms with Gasteiger partial charge >= 0.3 is 0 Å². The Hall–Kier alpha value is -2.68. The smallest absolute Gasteiger partial charge is 0.293 e. The van der Waals surface area contributed by atoms with Crippen LogP contribution in [0, 0.1) is 10.1 Å². The summed E-state index contributed by atoms with van der Waals surface area (Å²) in [7, 11) is 0. The monoisotopic (exact) mass is 361 g/mol. The topological polar surface area (TPSA) is 99.0 Å². The van der Waals surface area contributed by atoms with Crippen molar-refractivity contribution >= 4 is 23.2 Å². The number of hydrogen-bond acceptors (Lipinski definition) is 6. The summed E-state index contributed by atoms with van der Waals surface area (Å²) < 4.78 is 0. The molecule has 0 saturated carbocycles. The summed E-state index contributed by atoms with van der Waals surface area (Å²) in [5.74, 6) is -0.168. The molecule has 2 saturated heterocycles. The fourth-order valence-electron chi connectivity index (χ4n) is 3.38. The number of nitrogens with zero attached hydrogens (tertiary/aromatic N) is 4. The summed E-state index contributed by atoms with van der Waals surface area (Å²) in [6, 6.07) is 4.68. The molecule has 0 bridgehead atoms. The normalized spacial score (nSPS) is 18.0. The highest BCUT2D eigenvalue weighted by molar-refractivity contribution is 5.96. The molecule has 0 aliphatic carbocycles. The Kier molecular flexibility index (Phi) is 5.36. The molecule has 2 fully saturated rings. The number of nitrogens with one attached hydrogen (secondary N) is 1. The summed E-state index contributed by atoms with van der Waals surface area (Å²) in [4.78, 5) is 40.5. The molecule has 0 aromatic heterocycles. The van der Waals surface area contributed by atoms with Gasteiger partial charge in [0.05, 0.1) is 4.92 Å². The first-order chi connectivity index (χ1) is 12.5. The zero-order valence-electron chi connectivity index (χ0n) is 14.8. The molecule has 0 unspecified atom stereocenters. The van der Waals surface area contributed by atoms with Gasteiger partial charge in [-0.3, -0.25) is 19.7 Å². The van der Waals surface area contributed by atoms with Crippen molar-refractivity contribution in [1.82, 2.24) is 15.1 Å². The van der Waals surface area contributed by atoms with Gasteiger partial charge in [0.2, 0.25) is 5.91 Å². The lowest BCUT2D eigenvalue weighted by Crippen LogP contribution is -2.48. The number of benzene rings is 1. The highest BCUT2D eigenvalue weighted by atomic mass is 16.6. The molecule has 2 aliphatic heterocycles. The molecule has 3 rings (SSSR count). The second kappa shape index (κ2) is 7.69.